The first-order valence-electron chi connectivity index (χ1n) is 13.6. The van der Waals surface area contributed by atoms with E-state index in [1.165, 1.54) is 10.4 Å². The van der Waals surface area contributed by atoms with Crippen molar-refractivity contribution >= 4 is 39.1 Å². The second-order valence-corrected chi connectivity index (χ2v) is 11.8. The van der Waals surface area contributed by atoms with E-state index in [1.807, 2.05) is 25.4 Å². The summed E-state index contributed by atoms with van der Waals surface area (Å²) in [4.78, 5) is 21.3. The Kier molecular flexibility index (Phi) is 7.26. The van der Waals surface area contributed by atoms with Crippen LogP contribution in [0.15, 0.2) is 18.3 Å². The van der Waals surface area contributed by atoms with Gasteiger partial charge in [0.25, 0.3) is 0 Å². The monoisotopic (exact) mass is 540 g/mol. The fourth-order valence-electron chi connectivity index (χ4n) is 6.24. The zero-order chi connectivity index (χ0) is 26.2. The van der Waals surface area contributed by atoms with Crippen molar-refractivity contribution in [3.63, 3.8) is 0 Å². The summed E-state index contributed by atoms with van der Waals surface area (Å²) in [7, 11) is 1.88. The number of aryl methyl sites for hydroxylation is 2. The summed E-state index contributed by atoms with van der Waals surface area (Å²) in [5.41, 5.74) is 6.55. The van der Waals surface area contributed by atoms with Gasteiger partial charge in [0.1, 0.15) is 22.5 Å². The van der Waals surface area contributed by atoms with Crippen LogP contribution in [0.25, 0.3) is 10.2 Å². The van der Waals surface area contributed by atoms with Crippen LogP contribution in [0.2, 0.25) is 0 Å². The molecule has 0 unspecified atom stereocenters. The van der Waals surface area contributed by atoms with Crippen molar-refractivity contribution in [2.24, 2.45) is 12.8 Å². The van der Waals surface area contributed by atoms with E-state index in [9.17, 15) is 9.90 Å². The molecule has 10 nitrogen and oxygen atoms in total. The van der Waals surface area contributed by atoms with Gasteiger partial charge in [0.15, 0.2) is 5.82 Å². The molecule has 204 valence electrons. The number of pyridine rings is 1. The third-order valence-electron chi connectivity index (χ3n) is 8.17. The van der Waals surface area contributed by atoms with E-state index in [1.54, 1.807) is 16.0 Å². The molecule has 2 fully saturated rings. The molecule has 3 aromatic rings. The fraction of sp³-hybridized carbons (Fsp3) is 0.593. The molecule has 0 spiro atoms. The van der Waals surface area contributed by atoms with Gasteiger partial charge >= 0.3 is 0 Å². The van der Waals surface area contributed by atoms with Gasteiger partial charge < -0.3 is 25.6 Å². The molecule has 1 saturated heterocycles. The number of rotatable bonds is 8. The molecule has 11 heteroatoms. The van der Waals surface area contributed by atoms with Crippen molar-refractivity contribution < 1.29 is 19.4 Å². The van der Waals surface area contributed by atoms with E-state index in [0.717, 1.165) is 86.6 Å². The molecule has 2 aliphatic carbocycles. The second kappa shape index (κ2) is 10.8. The Morgan fingerprint density at radius 1 is 1.26 bits per heavy atom. The molecule has 4 heterocycles. The molecule has 1 saturated carbocycles. The number of amides is 1. The summed E-state index contributed by atoms with van der Waals surface area (Å²) >= 11 is 1.68. The number of hydrogen-bond donors (Lipinski definition) is 3. The number of carbonyl (C=O) groups excluding carboxylic acids is 1. The van der Waals surface area contributed by atoms with Gasteiger partial charge in [-0.3, -0.25) is 14.4 Å². The molecule has 3 aliphatic rings. The Labute approximate surface area is 226 Å². The van der Waals surface area contributed by atoms with Gasteiger partial charge in [-0.25, -0.2) is 4.98 Å². The number of aliphatic hydroxyl groups is 1. The normalized spacial score (nSPS) is 24.8. The Bertz CT molecular complexity index is 1290. The number of nitrogens with two attached hydrogens (primary N) is 1. The van der Waals surface area contributed by atoms with E-state index in [-0.39, 0.29) is 12.0 Å². The molecular weight excluding hydrogens is 504 g/mol. The first kappa shape index (κ1) is 25.5. The summed E-state index contributed by atoms with van der Waals surface area (Å²) in [5, 5.41) is 19.0. The number of carbonyl (C=O) groups is 1. The molecular formula is C27H36N6O4S. The van der Waals surface area contributed by atoms with E-state index >= 15 is 0 Å². The maximum atomic E-state index is 11.6. The van der Waals surface area contributed by atoms with Crippen LogP contribution < -0.4 is 15.8 Å². The van der Waals surface area contributed by atoms with Gasteiger partial charge in [0.05, 0.1) is 24.7 Å². The van der Waals surface area contributed by atoms with Crippen molar-refractivity contribution in [2.75, 3.05) is 31.6 Å². The molecule has 1 amide bonds. The minimum atomic E-state index is -1.15. The Morgan fingerprint density at radius 2 is 2.05 bits per heavy atom. The Morgan fingerprint density at radius 3 is 2.76 bits per heavy atom. The van der Waals surface area contributed by atoms with Crippen LogP contribution in [-0.4, -0.2) is 75.2 Å². The smallest absolute Gasteiger partial charge is 0.246 e. The first-order chi connectivity index (χ1) is 18.4. The molecule has 4 N–H and O–H groups in total. The van der Waals surface area contributed by atoms with Gasteiger partial charge in [0, 0.05) is 49.4 Å². The lowest BCUT2D eigenvalue weighted by molar-refractivity contribution is -0.126. The van der Waals surface area contributed by atoms with Crippen molar-refractivity contribution in [2.45, 2.75) is 69.1 Å². The highest BCUT2D eigenvalue weighted by atomic mass is 32.1. The lowest BCUT2D eigenvalue weighted by Crippen LogP contribution is -2.46. The maximum absolute atomic E-state index is 11.6. The number of aliphatic hydroxyl groups excluding tert-OH is 1. The topological polar surface area (TPSA) is 128 Å². The van der Waals surface area contributed by atoms with Gasteiger partial charge in [0.2, 0.25) is 5.91 Å². The number of primary amides is 1. The van der Waals surface area contributed by atoms with Crippen LogP contribution in [-0.2, 0) is 23.0 Å². The average Bonchev–Trinajstić information content (AvgIpc) is 3.60. The Hall–Kier alpha value is -2.73. The van der Waals surface area contributed by atoms with Crippen LogP contribution >= 0.6 is 11.3 Å². The van der Waals surface area contributed by atoms with Gasteiger partial charge in [-0.05, 0) is 56.4 Å². The lowest BCUT2D eigenvalue weighted by Gasteiger charge is -2.38. The number of anilines is 2. The number of ether oxygens (including phenoxy) is 2. The minimum Gasteiger partial charge on any atom is -0.490 e. The molecule has 0 bridgehead atoms. The lowest BCUT2D eigenvalue weighted by atomic mass is 9.91. The van der Waals surface area contributed by atoms with Crippen LogP contribution in [0.5, 0.6) is 5.75 Å². The van der Waals surface area contributed by atoms with Crippen molar-refractivity contribution in [1.82, 2.24) is 19.7 Å². The summed E-state index contributed by atoms with van der Waals surface area (Å²) < 4.78 is 14.1. The van der Waals surface area contributed by atoms with Crippen molar-refractivity contribution in [1.29, 1.82) is 0 Å². The van der Waals surface area contributed by atoms with Crippen LogP contribution in [0.4, 0.5) is 11.6 Å². The average molecular weight is 541 g/mol. The number of morpholine rings is 1. The molecule has 0 aromatic carbocycles. The quantitative estimate of drug-likeness (QED) is 0.398. The minimum absolute atomic E-state index is 0.0528. The number of fused-ring (bicyclic) bond motifs is 3. The number of aromatic nitrogens is 3. The summed E-state index contributed by atoms with van der Waals surface area (Å²) in [6.45, 7) is 3.69. The molecule has 0 radical (unpaired) electrons. The highest BCUT2D eigenvalue weighted by molar-refractivity contribution is 7.19. The first-order valence-corrected chi connectivity index (χ1v) is 14.4. The third kappa shape index (κ3) is 5.25. The molecule has 6 rings (SSSR count). The van der Waals surface area contributed by atoms with E-state index in [2.05, 4.69) is 15.3 Å². The van der Waals surface area contributed by atoms with Crippen LogP contribution in [0, 0.1) is 0 Å². The van der Waals surface area contributed by atoms with E-state index in [0.29, 0.717) is 18.3 Å². The molecule has 3 aromatic heterocycles. The highest BCUT2D eigenvalue weighted by Gasteiger charge is 2.34. The Balaban J connectivity index is 1.28. The summed E-state index contributed by atoms with van der Waals surface area (Å²) in [6, 6.07) is 4.50. The second-order valence-electron chi connectivity index (χ2n) is 10.7. The maximum Gasteiger partial charge on any atom is 0.246 e. The number of nitrogens with one attached hydrogen (secondary N) is 1. The van der Waals surface area contributed by atoms with Gasteiger partial charge in [-0.1, -0.05) is 0 Å². The predicted molar refractivity (Wildman–Crippen MR) is 146 cm³/mol. The molecule has 1 aliphatic heterocycles. The summed E-state index contributed by atoms with van der Waals surface area (Å²) in [5.74, 6) is 1.62. The SMILES string of the molecule is Cn1ccc(Nc2cc(OC3CCC(N4CCOCC4)CC3)c3c4c(sc3n2)CC[C@@H]4C[C@H](O)C(N)=O)n1. The van der Waals surface area contributed by atoms with Crippen molar-refractivity contribution in [3.8, 4) is 5.75 Å². The fourth-order valence-corrected chi connectivity index (χ4v) is 7.53. The standard InChI is InChI=1S/C27H36N6O4S/c1-32-9-8-22(31-32)29-23-15-20(37-18-5-3-17(4-6-18)33-10-12-36-13-11-33)25-24-16(14-19(34)26(28)35)2-7-21(24)38-27(25)30-23/h8-9,15-19,34H,2-7,10-14H2,1H3,(H2,28,35)(H,29,30,31)/t16-,17?,18?,19+/m1/s1. The number of hydrogen-bond acceptors (Lipinski definition) is 9. The largest absolute Gasteiger partial charge is 0.490 e. The summed E-state index contributed by atoms with van der Waals surface area (Å²) in [6.07, 6.45) is 7.23. The molecule has 2 atom stereocenters. The van der Waals surface area contributed by atoms with E-state index in [4.69, 9.17) is 20.2 Å². The van der Waals surface area contributed by atoms with Gasteiger partial charge in [-0.2, -0.15) is 5.10 Å². The predicted octanol–water partition coefficient (Wildman–Crippen LogP) is 3.06. The third-order valence-corrected chi connectivity index (χ3v) is 9.33. The van der Waals surface area contributed by atoms with Crippen LogP contribution in [0.3, 0.4) is 0 Å². The zero-order valence-electron chi connectivity index (χ0n) is 21.8. The van der Waals surface area contributed by atoms with E-state index < -0.39 is 12.0 Å². The number of thiophene rings is 1. The number of nitrogens with zero attached hydrogens (tertiary/aromatic N) is 4. The van der Waals surface area contributed by atoms with Gasteiger partial charge in [-0.15, -0.1) is 11.3 Å². The van der Waals surface area contributed by atoms with Crippen molar-refractivity contribution in [3.05, 3.63) is 28.8 Å². The zero-order valence-corrected chi connectivity index (χ0v) is 22.6. The molecule has 38 heavy (non-hydrogen) atoms. The van der Waals surface area contributed by atoms with Crippen LogP contribution in [0.1, 0.15) is 54.9 Å². The highest BCUT2D eigenvalue weighted by Crippen LogP contribution is 2.49.